The first kappa shape index (κ1) is 15.7. The van der Waals surface area contributed by atoms with Crippen LogP contribution in [0.25, 0.3) is 11.3 Å². The van der Waals surface area contributed by atoms with Crippen LogP contribution in [0.5, 0.6) is 5.75 Å². The fourth-order valence-electron chi connectivity index (χ4n) is 2.55. The number of halogens is 2. The monoisotopic (exact) mass is 339 g/mol. The Labute approximate surface area is 140 Å². The maximum Gasteiger partial charge on any atom is 0.156 e. The van der Waals surface area contributed by atoms with E-state index in [0.717, 1.165) is 30.8 Å². The third-order valence-electron chi connectivity index (χ3n) is 3.64. The average molecular weight is 340 g/mol. The van der Waals surface area contributed by atoms with Gasteiger partial charge in [-0.1, -0.05) is 37.0 Å². The maximum atomic E-state index is 6.36. The van der Waals surface area contributed by atoms with Crippen LogP contribution in [0.2, 0.25) is 10.0 Å². The van der Waals surface area contributed by atoms with E-state index in [1.807, 2.05) is 12.1 Å². The van der Waals surface area contributed by atoms with E-state index >= 15 is 0 Å². The van der Waals surface area contributed by atoms with Crippen molar-refractivity contribution in [2.45, 2.75) is 26.8 Å². The largest absolute Gasteiger partial charge is 0.490 e. The lowest BCUT2D eigenvalue weighted by atomic mass is 10.0. The zero-order chi connectivity index (χ0) is 15.7. The SMILES string of the molecule is CC(C)COc1c(Cl)cc(-c2n[nH]c3c2CNCC3)cc1Cl. The van der Waals surface area contributed by atoms with E-state index in [1.54, 1.807) is 0 Å². The summed E-state index contributed by atoms with van der Waals surface area (Å²) in [5.74, 6) is 0.958. The Balaban J connectivity index is 1.94. The molecule has 4 nitrogen and oxygen atoms in total. The lowest BCUT2D eigenvalue weighted by Gasteiger charge is -2.15. The molecule has 0 radical (unpaired) electrons. The van der Waals surface area contributed by atoms with Gasteiger partial charge < -0.3 is 10.1 Å². The van der Waals surface area contributed by atoms with Gasteiger partial charge in [-0.25, -0.2) is 0 Å². The molecule has 22 heavy (non-hydrogen) atoms. The average Bonchev–Trinajstić information content (AvgIpc) is 2.89. The summed E-state index contributed by atoms with van der Waals surface area (Å²) in [5, 5.41) is 11.9. The number of hydrogen-bond donors (Lipinski definition) is 2. The number of nitrogens with one attached hydrogen (secondary N) is 2. The van der Waals surface area contributed by atoms with Crippen LogP contribution in [-0.2, 0) is 13.0 Å². The Kier molecular flexibility index (Phi) is 4.62. The summed E-state index contributed by atoms with van der Waals surface area (Å²) in [4.78, 5) is 0. The van der Waals surface area contributed by atoms with Crippen LogP contribution in [0.3, 0.4) is 0 Å². The van der Waals surface area contributed by atoms with Gasteiger partial charge in [0.15, 0.2) is 5.75 Å². The van der Waals surface area contributed by atoms with Crippen LogP contribution in [-0.4, -0.2) is 23.3 Å². The second kappa shape index (κ2) is 6.49. The lowest BCUT2D eigenvalue weighted by molar-refractivity contribution is 0.271. The molecule has 1 aromatic carbocycles. The molecule has 6 heteroatoms. The normalized spacial score (nSPS) is 14.2. The molecule has 1 aliphatic rings. The Bertz CT molecular complexity index is 659. The molecule has 0 saturated heterocycles. The summed E-state index contributed by atoms with van der Waals surface area (Å²) in [7, 11) is 0. The molecule has 0 spiro atoms. The summed E-state index contributed by atoms with van der Waals surface area (Å²) >= 11 is 12.7. The molecule has 2 aromatic rings. The Morgan fingerprint density at radius 2 is 2.00 bits per heavy atom. The standard InChI is InChI=1S/C16H19Cl2N3O/c1-9(2)8-22-16-12(17)5-10(6-13(16)18)15-11-7-19-4-3-14(11)20-21-15/h5-6,9,19H,3-4,7-8H2,1-2H3,(H,20,21). The van der Waals surface area contributed by atoms with Crippen molar-refractivity contribution in [2.75, 3.05) is 13.2 Å². The van der Waals surface area contributed by atoms with E-state index in [2.05, 4.69) is 29.4 Å². The number of benzene rings is 1. The summed E-state index contributed by atoms with van der Waals surface area (Å²) in [6.07, 6.45) is 0.958. The van der Waals surface area contributed by atoms with E-state index in [0.29, 0.717) is 28.3 Å². The number of rotatable bonds is 4. The van der Waals surface area contributed by atoms with Crippen molar-refractivity contribution in [3.05, 3.63) is 33.4 Å². The topological polar surface area (TPSA) is 49.9 Å². The van der Waals surface area contributed by atoms with Gasteiger partial charge in [-0.15, -0.1) is 0 Å². The molecule has 1 aliphatic heterocycles. The number of aromatic amines is 1. The number of aromatic nitrogens is 2. The fourth-order valence-corrected chi connectivity index (χ4v) is 3.14. The van der Waals surface area contributed by atoms with Gasteiger partial charge in [-0.05, 0) is 18.1 Å². The van der Waals surface area contributed by atoms with E-state index in [9.17, 15) is 0 Å². The third-order valence-corrected chi connectivity index (χ3v) is 4.20. The third kappa shape index (κ3) is 3.09. The van der Waals surface area contributed by atoms with Crippen LogP contribution >= 0.6 is 23.2 Å². The molecule has 2 N–H and O–H groups in total. The van der Waals surface area contributed by atoms with Crippen molar-refractivity contribution in [2.24, 2.45) is 5.92 Å². The maximum absolute atomic E-state index is 6.36. The highest BCUT2D eigenvalue weighted by Crippen LogP contribution is 2.38. The van der Waals surface area contributed by atoms with E-state index in [1.165, 1.54) is 11.3 Å². The first-order valence-corrected chi connectivity index (χ1v) is 8.21. The highest BCUT2D eigenvalue weighted by Gasteiger charge is 2.20. The lowest BCUT2D eigenvalue weighted by Crippen LogP contribution is -2.23. The molecule has 0 bridgehead atoms. The second-order valence-corrected chi connectivity index (χ2v) is 6.74. The number of H-pyrrole nitrogens is 1. The summed E-state index contributed by atoms with van der Waals surface area (Å²) < 4.78 is 5.71. The van der Waals surface area contributed by atoms with E-state index < -0.39 is 0 Å². The van der Waals surface area contributed by atoms with Crippen molar-refractivity contribution in [1.82, 2.24) is 15.5 Å². The van der Waals surface area contributed by atoms with Crippen LogP contribution in [0, 0.1) is 5.92 Å². The van der Waals surface area contributed by atoms with Crippen LogP contribution in [0.1, 0.15) is 25.1 Å². The molecule has 0 fully saturated rings. The van der Waals surface area contributed by atoms with Gasteiger partial charge in [-0.3, -0.25) is 5.10 Å². The van der Waals surface area contributed by atoms with Gasteiger partial charge in [0.1, 0.15) is 0 Å². The van der Waals surface area contributed by atoms with Gasteiger partial charge in [0.2, 0.25) is 0 Å². The Morgan fingerprint density at radius 3 is 2.68 bits per heavy atom. The molecule has 0 aliphatic carbocycles. The Hall–Kier alpha value is -1.23. The molecule has 0 atom stereocenters. The van der Waals surface area contributed by atoms with E-state index in [-0.39, 0.29) is 0 Å². The molecule has 1 aromatic heterocycles. The number of nitrogens with zero attached hydrogens (tertiary/aromatic N) is 1. The van der Waals surface area contributed by atoms with Crippen molar-refractivity contribution in [1.29, 1.82) is 0 Å². The van der Waals surface area contributed by atoms with Gasteiger partial charge in [0.25, 0.3) is 0 Å². The quantitative estimate of drug-likeness (QED) is 0.882. The summed E-state index contributed by atoms with van der Waals surface area (Å²) in [6.45, 7) is 6.53. The van der Waals surface area contributed by atoms with Gasteiger partial charge in [-0.2, -0.15) is 5.10 Å². The predicted molar refractivity (Wildman–Crippen MR) is 89.8 cm³/mol. The first-order valence-electron chi connectivity index (χ1n) is 7.45. The van der Waals surface area contributed by atoms with Gasteiger partial charge >= 0.3 is 0 Å². The van der Waals surface area contributed by atoms with Crippen LogP contribution in [0.4, 0.5) is 0 Å². The second-order valence-electron chi connectivity index (χ2n) is 5.93. The molecule has 0 unspecified atom stereocenters. The highest BCUT2D eigenvalue weighted by atomic mass is 35.5. The minimum absolute atomic E-state index is 0.413. The summed E-state index contributed by atoms with van der Waals surface area (Å²) in [5.41, 5.74) is 4.19. The molecular weight excluding hydrogens is 321 g/mol. The molecule has 118 valence electrons. The van der Waals surface area contributed by atoms with Gasteiger partial charge in [0.05, 0.1) is 22.3 Å². The number of hydrogen-bond acceptors (Lipinski definition) is 3. The predicted octanol–water partition coefficient (Wildman–Crippen LogP) is 4.06. The van der Waals surface area contributed by atoms with Crippen LogP contribution in [0.15, 0.2) is 12.1 Å². The van der Waals surface area contributed by atoms with Crippen molar-refractivity contribution in [3.63, 3.8) is 0 Å². The van der Waals surface area contributed by atoms with E-state index in [4.69, 9.17) is 27.9 Å². The van der Waals surface area contributed by atoms with Crippen molar-refractivity contribution in [3.8, 4) is 17.0 Å². The number of ether oxygens (including phenoxy) is 1. The smallest absolute Gasteiger partial charge is 0.156 e. The zero-order valence-corrected chi connectivity index (χ0v) is 14.2. The first-order chi connectivity index (χ1) is 10.6. The summed E-state index contributed by atoms with van der Waals surface area (Å²) in [6, 6.07) is 3.74. The Morgan fingerprint density at radius 1 is 1.27 bits per heavy atom. The van der Waals surface area contributed by atoms with Crippen molar-refractivity contribution < 1.29 is 4.74 Å². The molecule has 3 rings (SSSR count). The van der Waals surface area contributed by atoms with Crippen LogP contribution < -0.4 is 10.1 Å². The number of fused-ring (bicyclic) bond motifs is 1. The molecule has 0 saturated carbocycles. The minimum Gasteiger partial charge on any atom is -0.490 e. The molecule has 0 amide bonds. The van der Waals surface area contributed by atoms with Gasteiger partial charge in [0, 0.05) is 36.3 Å². The molecule has 2 heterocycles. The minimum atomic E-state index is 0.413. The fraction of sp³-hybridized carbons (Fsp3) is 0.438. The van der Waals surface area contributed by atoms with Crippen molar-refractivity contribution >= 4 is 23.2 Å². The highest BCUT2D eigenvalue weighted by molar-refractivity contribution is 6.37. The zero-order valence-electron chi connectivity index (χ0n) is 12.7. The molecular formula is C16H19Cl2N3O.